The standard InChI is InChI=1S/C21H22N2O5/c1-22(11-12-24)19-18(14-7-9-16(27-2)10-8-14)20(25)23(21(19)26)15-5-4-6-17(13-15)28-3/h4-10,13,24H,11-12H2,1-3H3. The molecule has 7 nitrogen and oxygen atoms in total. The Bertz CT molecular complexity index is 921. The molecule has 0 saturated carbocycles. The lowest BCUT2D eigenvalue weighted by molar-refractivity contribution is -0.120. The van der Waals surface area contributed by atoms with Gasteiger partial charge in [-0.2, -0.15) is 0 Å². The SMILES string of the molecule is COc1ccc(C2=C(N(C)CCO)C(=O)N(c3cccc(OC)c3)C2=O)cc1. The number of aliphatic hydroxyl groups excluding tert-OH is 1. The second kappa shape index (κ2) is 8.14. The maximum atomic E-state index is 13.3. The summed E-state index contributed by atoms with van der Waals surface area (Å²) in [6.07, 6.45) is 0. The Morgan fingerprint density at radius 1 is 0.964 bits per heavy atom. The molecule has 2 amide bonds. The summed E-state index contributed by atoms with van der Waals surface area (Å²) in [6, 6.07) is 13.7. The molecule has 2 aromatic rings. The zero-order valence-corrected chi connectivity index (χ0v) is 16.0. The summed E-state index contributed by atoms with van der Waals surface area (Å²) in [5.41, 5.74) is 1.55. The van der Waals surface area contributed by atoms with E-state index in [-0.39, 0.29) is 24.4 Å². The third kappa shape index (κ3) is 3.44. The molecule has 3 rings (SSSR count). The number of carbonyl (C=O) groups excluding carboxylic acids is 2. The summed E-state index contributed by atoms with van der Waals surface area (Å²) >= 11 is 0. The Morgan fingerprint density at radius 3 is 2.25 bits per heavy atom. The van der Waals surface area contributed by atoms with E-state index in [9.17, 15) is 14.7 Å². The number of anilines is 1. The molecule has 0 atom stereocenters. The van der Waals surface area contributed by atoms with Gasteiger partial charge >= 0.3 is 0 Å². The van der Waals surface area contributed by atoms with Crippen molar-refractivity contribution in [2.75, 3.05) is 39.3 Å². The van der Waals surface area contributed by atoms with Crippen molar-refractivity contribution in [1.29, 1.82) is 0 Å². The van der Waals surface area contributed by atoms with Crippen LogP contribution in [0, 0.1) is 0 Å². The van der Waals surface area contributed by atoms with Gasteiger partial charge in [-0.05, 0) is 29.8 Å². The monoisotopic (exact) mass is 382 g/mol. The number of imide groups is 1. The summed E-state index contributed by atoms with van der Waals surface area (Å²) in [5.74, 6) is 0.320. The van der Waals surface area contributed by atoms with Crippen LogP contribution in [-0.2, 0) is 9.59 Å². The van der Waals surface area contributed by atoms with Crippen molar-refractivity contribution in [3.8, 4) is 11.5 Å². The molecular weight excluding hydrogens is 360 g/mol. The molecule has 2 aromatic carbocycles. The predicted octanol–water partition coefficient (Wildman–Crippen LogP) is 1.91. The fourth-order valence-electron chi connectivity index (χ4n) is 3.14. The van der Waals surface area contributed by atoms with Crippen molar-refractivity contribution in [2.45, 2.75) is 0 Å². The normalized spacial score (nSPS) is 13.9. The van der Waals surface area contributed by atoms with Crippen molar-refractivity contribution in [1.82, 2.24) is 4.90 Å². The molecule has 0 radical (unpaired) electrons. The number of hydrogen-bond acceptors (Lipinski definition) is 6. The van der Waals surface area contributed by atoms with E-state index in [0.717, 1.165) is 4.90 Å². The molecule has 28 heavy (non-hydrogen) atoms. The summed E-state index contributed by atoms with van der Waals surface area (Å²) in [5, 5.41) is 9.32. The van der Waals surface area contributed by atoms with E-state index in [2.05, 4.69) is 0 Å². The number of methoxy groups -OCH3 is 2. The quantitative estimate of drug-likeness (QED) is 0.737. The highest BCUT2D eigenvalue weighted by Gasteiger charge is 2.41. The van der Waals surface area contributed by atoms with Gasteiger partial charge in [0.15, 0.2) is 0 Å². The summed E-state index contributed by atoms with van der Waals surface area (Å²) in [7, 11) is 4.76. The molecule has 0 aromatic heterocycles. The van der Waals surface area contributed by atoms with Gasteiger partial charge < -0.3 is 19.5 Å². The fraction of sp³-hybridized carbons (Fsp3) is 0.238. The van der Waals surface area contributed by atoms with Gasteiger partial charge in [-0.15, -0.1) is 0 Å². The van der Waals surface area contributed by atoms with Gasteiger partial charge in [-0.3, -0.25) is 9.59 Å². The molecule has 0 spiro atoms. The molecule has 146 valence electrons. The second-order valence-corrected chi connectivity index (χ2v) is 6.24. The average molecular weight is 382 g/mol. The molecule has 0 bridgehead atoms. The van der Waals surface area contributed by atoms with Crippen LogP contribution >= 0.6 is 0 Å². The van der Waals surface area contributed by atoms with Gasteiger partial charge in [-0.1, -0.05) is 18.2 Å². The number of rotatable bonds is 7. The minimum absolute atomic E-state index is 0.142. The van der Waals surface area contributed by atoms with Crippen LogP contribution in [0.5, 0.6) is 11.5 Å². The zero-order valence-electron chi connectivity index (χ0n) is 16.0. The number of nitrogens with zero attached hydrogens (tertiary/aromatic N) is 2. The second-order valence-electron chi connectivity index (χ2n) is 6.24. The summed E-state index contributed by atoms with van der Waals surface area (Å²) in [6.45, 7) is 0.0798. The third-order valence-electron chi connectivity index (χ3n) is 4.57. The minimum Gasteiger partial charge on any atom is -0.497 e. The average Bonchev–Trinajstić information content (AvgIpc) is 2.98. The maximum absolute atomic E-state index is 13.3. The van der Waals surface area contributed by atoms with Crippen molar-refractivity contribution in [3.63, 3.8) is 0 Å². The minimum atomic E-state index is -0.444. The van der Waals surface area contributed by atoms with Crippen LogP contribution in [-0.4, -0.2) is 56.2 Å². The van der Waals surface area contributed by atoms with E-state index in [1.165, 1.54) is 7.11 Å². The predicted molar refractivity (Wildman–Crippen MR) is 105 cm³/mol. The number of amides is 2. The number of carbonyl (C=O) groups is 2. The molecule has 1 aliphatic heterocycles. The first kappa shape index (κ1) is 19.4. The van der Waals surface area contributed by atoms with E-state index in [1.807, 2.05) is 0 Å². The third-order valence-corrected chi connectivity index (χ3v) is 4.57. The van der Waals surface area contributed by atoms with Crippen LogP contribution in [0.3, 0.4) is 0 Å². The van der Waals surface area contributed by atoms with Crippen molar-refractivity contribution >= 4 is 23.1 Å². The first-order valence-corrected chi connectivity index (χ1v) is 8.75. The van der Waals surface area contributed by atoms with Gasteiger partial charge in [-0.25, -0.2) is 4.90 Å². The highest BCUT2D eigenvalue weighted by molar-refractivity contribution is 6.45. The van der Waals surface area contributed by atoms with Crippen molar-refractivity contribution in [2.24, 2.45) is 0 Å². The van der Waals surface area contributed by atoms with E-state index >= 15 is 0 Å². The lowest BCUT2D eigenvalue weighted by Gasteiger charge is -2.20. The first-order valence-electron chi connectivity index (χ1n) is 8.75. The van der Waals surface area contributed by atoms with Crippen molar-refractivity contribution in [3.05, 3.63) is 59.8 Å². The molecular formula is C21H22N2O5. The fourth-order valence-corrected chi connectivity index (χ4v) is 3.14. The van der Waals surface area contributed by atoms with E-state index in [0.29, 0.717) is 22.7 Å². The van der Waals surface area contributed by atoms with Gasteiger partial charge in [0.2, 0.25) is 0 Å². The van der Waals surface area contributed by atoms with Crippen LogP contribution in [0.15, 0.2) is 54.2 Å². The Morgan fingerprint density at radius 2 is 1.64 bits per heavy atom. The first-order chi connectivity index (χ1) is 13.5. The van der Waals surface area contributed by atoms with Crippen LogP contribution < -0.4 is 14.4 Å². The van der Waals surface area contributed by atoms with Gasteiger partial charge in [0, 0.05) is 19.7 Å². The topological polar surface area (TPSA) is 79.3 Å². The largest absolute Gasteiger partial charge is 0.497 e. The molecule has 1 aliphatic rings. The van der Waals surface area contributed by atoms with E-state index in [4.69, 9.17) is 9.47 Å². The number of aliphatic hydroxyl groups is 1. The smallest absolute Gasteiger partial charge is 0.282 e. The lowest BCUT2D eigenvalue weighted by atomic mass is 10.0. The van der Waals surface area contributed by atoms with Crippen LogP contribution in [0.2, 0.25) is 0 Å². The Kier molecular flexibility index (Phi) is 5.65. The Labute approximate surface area is 163 Å². The number of likely N-dealkylation sites (N-methyl/N-ethyl adjacent to an activating group) is 1. The maximum Gasteiger partial charge on any atom is 0.282 e. The zero-order chi connectivity index (χ0) is 20.3. The highest BCUT2D eigenvalue weighted by atomic mass is 16.5. The van der Waals surface area contributed by atoms with Gasteiger partial charge in [0.25, 0.3) is 11.8 Å². The molecule has 0 fully saturated rings. The molecule has 1 heterocycles. The van der Waals surface area contributed by atoms with Crippen molar-refractivity contribution < 1.29 is 24.2 Å². The molecule has 0 saturated heterocycles. The number of hydrogen-bond donors (Lipinski definition) is 1. The molecule has 7 heteroatoms. The Balaban J connectivity index is 2.10. The lowest BCUT2D eigenvalue weighted by Crippen LogP contribution is -2.34. The van der Waals surface area contributed by atoms with Crippen LogP contribution in [0.25, 0.3) is 5.57 Å². The number of benzene rings is 2. The number of ether oxygens (including phenoxy) is 2. The van der Waals surface area contributed by atoms with Gasteiger partial charge in [0.05, 0.1) is 32.1 Å². The van der Waals surface area contributed by atoms with Crippen LogP contribution in [0.1, 0.15) is 5.56 Å². The summed E-state index contributed by atoms with van der Waals surface area (Å²) < 4.78 is 10.4. The summed E-state index contributed by atoms with van der Waals surface area (Å²) in [4.78, 5) is 29.2. The molecule has 0 unspecified atom stereocenters. The molecule has 1 N–H and O–H groups in total. The van der Waals surface area contributed by atoms with Crippen LogP contribution in [0.4, 0.5) is 5.69 Å². The van der Waals surface area contributed by atoms with E-state index < -0.39 is 11.8 Å². The Hall–Kier alpha value is -3.32. The van der Waals surface area contributed by atoms with E-state index in [1.54, 1.807) is 67.6 Å². The van der Waals surface area contributed by atoms with Gasteiger partial charge in [0.1, 0.15) is 17.2 Å². The molecule has 0 aliphatic carbocycles. The highest BCUT2D eigenvalue weighted by Crippen LogP contribution is 2.35.